The van der Waals surface area contributed by atoms with Crippen molar-refractivity contribution in [2.45, 2.75) is 62.5 Å². The molecule has 2 fully saturated rings. The number of carbonyl (C=O) groups is 1. The van der Waals surface area contributed by atoms with Crippen molar-refractivity contribution in [2.75, 3.05) is 31.9 Å². The number of hydrogen-bond acceptors (Lipinski definition) is 5. The molecule has 31 heavy (non-hydrogen) atoms. The molecule has 1 aromatic carbocycles. The van der Waals surface area contributed by atoms with Gasteiger partial charge in [-0.1, -0.05) is 18.6 Å². The molecule has 3 rings (SSSR count). The minimum absolute atomic E-state index is 0.00296. The number of rotatable bonds is 7. The van der Waals surface area contributed by atoms with E-state index in [9.17, 15) is 21.6 Å². The van der Waals surface area contributed by atoms with E-state index in [1.54, 1.807) is 47.3 Å². The highest BCUT2D eigenvalue weighted by atomic mass is 32.2. The monoisotopic (exact) mass is 470 g/mol. The Balaban J connectivity index is 1.53. The Hall–Kier alpha value is -1.45. The SMILES string of the molecule is CC(C)S(=O)(=O)CC1CCN(C(=O)Cc2ccc(S(=O)(=O)N3CCCCC3)cc2)CC1. The second-order valence-electron chi connectivity index (χ2n) is 8.99. The van der Waals surface area contributed by atoms with E-state index in [2.05, 4.69) is 0 Å². The molecule has 0 aromatic heterocycles. The first-order valence-electron chi connectivity index (χ1n) is 11.2. The largest absolute Gasteiger partial charge is 0.342 e. The second kappa shape index (κ2) is 10.0. The fourth-order valence-electron chi connectivity index (χ4n) is 4.19. The van der Waals surface area contributed by atoms with Crippen LogP contribution in [0.5, 0.6) is 0 Å². The molecule has 0 radical (unpaired) electrons. The maximum absolute atomic E-state index is 12.7. The predicted molar refractivity (Wildman–Crippen MR) is 121 cm³/mol. The lowest BCUT2D eigenvalue weighted by molar-refractivity contribution is -0.131. The number of benzene rings is 1. The molecule has 2 saturated heterocycles. The number of hydrogen-bond donors (Lipinski definition) is 0. The summed E-state index contributed by atoms with van der Waals surface area (Å²) in [6, 6.07) is 6.62. The van der Waals surface area contributed by atoms with Crippen LogP contribution in [-0.4, -0.2) is 69.1 Å². The van der Waals surface area contributed by atoms with Crippen LogP contribution >= 0.6 is 0 Å². The summed E-state index contributed by atoms with van der Waals surface area (Å²) in [6.07, 6.45) is 4.48. The maximum atomic E-state index is 12.7. The zero-order chi connectivity index (χ0) is 22.6. The van der Waals surface area contributed by atoms with E-state index >= 15 is 0 Å². The topological polar surface area (TPSA) is 91.8 Å². The summed E-state index contributed by atoms with van der Waals surface area (Å²) in [4.78, 5) is 14.7. The molecular formula is C22H34N2O5S2. The molecule has 2 heterocycles. The van der Waals surface area contributed by atoms with E-state index < -0.39 is 19.9 Å². The van der Waals surface area contributed by atoms with Gasteiger partial charge in [0.2, 0.25) is 15.9 Å². The summed E-state index contributed by atoms with van der Waals surface area (Å²) in [6.45, 7) is 5.68. The van der Waals surface area contributed by atoms with Gasteiger partial charge in [-0.2, -0.15) is 4.31 Å². The Bertz CT molecular complexity index is 958. The highest BCUT2D eigenvalue weighted by Gasteiger charge is 2.28. The summed E-state index contributed by atoms with van der Waals surface area (Å²) in [5, 5.41) is -0.367. The van der Waals surface area contributed by atoms with E-state index in [1.165, 1.54) is 0 Å². The van der Waals surface area contributed by atoms with Crippen LogP contribution in [0.15, 0.2) is 29.2 Å². The summed E-state index contributed by atoms with van der Waals surface area (Å²) < 4.78 is 51.3. The van der Waals surface area contributed by atoms with E-state index in [0.717, 1.165) is 24.8 Å². The van der Waals surface area contributed by atoms with Crippen molar-refractivity contribution >= 4 is 25.8 Å². The molecule has 0 atom stereocenters. The van der Waals surface area contributed by atoms with Crippen LogP contribution in [0, 0.1) is 5.92 Å². The number of nitrogens with zero attached hydrogens (tertiary/aromatic N) is 2. The van der Waals surface area contributed by atoms with E-state index in [4.69, 9.17) is 0 Å². The zero-order valence-electron chi connectivity index (χ0n) is 18.5. The number of likely N-dealkylation sites (tertiary alicyclic amines) is 1. The second-order valence-corrected chi connectivity index (χ2v) is 13.5. The molecule has 7 nitrogen and oxygen atoms in total. The summed E-state index contributed by atoms with van der Waals surface area (Å²) in [5.74, 6) is 0.298. The van der Waals surface area contributed by atoms with Crippen molar-refractivity contribution in [3.05, 3.63) is 29.8 Å². The summed E-state index contributed by atoms with van der Waals surface area (Å²) in [7, 11) is -6.53. The van der Waals surface area contributed by atoms with Crippen LogP contribution < -0.4 is 0 Å². The highest BCUT2D eigenvalue weighted by molar-refractivity contribution is 7.92. The van der Waals surface area contributed by atoms with Gasteiger partial charge >= 0.3 is 0 Å². The van der Waals surface area contributed by atoms with Crippen LogP contribution in [0.4, 0.5) is 0 Å². The van der Waals surface area contributed by atoms with Gasteiger partial charge in [0.15, 0.2) is 9.84 Å². The van der Waals surface area contributed by atoms with Gasteiger partial charge in [0, 0.05) is 26.2 Å². The minimum Gasteiger partial charge on any atom is -0.342 e. The standard InChI is InChI=1S/C22H34N2O5S2/c1-18(2)30(26,27)17-20-10-14-23(15-11-20)22(25)16-19-6-8-21(9-7-19)31(28,29)24-12-4-3-5-13-24/h6-9,18,20H,3-5,10-17H2,1-2H3. The Labute approximate surface area is 186 Å². The number of piperidine rings is 2. The average molecular weight is 471 g/mol. The lowest BCUT2D eigenvalue weighted by Gasteiger charge is -2.32. The van der Waals surface area contributed by atoms with Crippen molar-refractivity contribution < 1.29 is 21.6 Å². The number of sulfone groups is 1. The molecule has 0 spiro atoms. The first-order chi connectivity index (χ1) is 14.6. The molecule has 0 aliphatic carbocycles. The van der Waals surface area contributed by atoms with Crippen molar-refractivity contribution in [1.29, 1.82) is 0 Å². The minimum atomic E-state index is -3.47. The van der Waals surface area contributed by atoms with E-state index in [1.807, 2.05) is 0 Å². The quantitative estimate of drug-likeness (QED) is 0.610. The van der Waals surface area contributed by atoms with Crippen LogP contribution in [-0.2, 0) is 31.1 Å². The van der Waals surface area contributed by atoms with Gasteiger partial charge in [0.1, 0.15) is 0 Å². The first-order valence-corrected chi connectivity index (χ1v) is 14.3. The highest BCUT2D eigenvalue weighted by Crippen LogP contribution is 2.23. The molecular weight excluding hydrogens is 436 g/mol. The van der Waals surface area contributed by atoms with Crippen LogP contribution in [0.1, 0.15) is 51.5 Å². The van der Waals surface area contributed by atoms with Crippen LogP contribution in [0.3, 0.4) is 0 Å². The van der Waals surface area contributed by atoms with Crippen LogP contribution in [0.25, 0.3) is 0 Å². The fraction of sp³-hybridized carbons (Fsp3) is 0.682. The Morgan fingerprint density at radius 3 is 2.06 bits per heavy atom. The molecule has 2 aliphatic rings. The molecule has 174 valence electrons. The maximum Gasteiger partial charge on any atom is 0.243 e. The van der Waals surface area contributed by atoms with Crippen LogP contribution in [0.2, 0.25) is 0 Å². The lowest BCUT2D eigenvalue weighted by atomic mass is 9.98. The third-order valence-corrected chi connectivity index (χ3v) is 10.7. The van der Waals surface area contributed by atoms with Crippen molar-refractivity contribution in [2.24, 2.45) is 5.92 Å². The predicted octanol–water partition coefficient (Wildman–Crippen LogP) is 2.47. The molecule has 0 saturated carbocycles. The number of amides is 1. The van der Waals surface area contributed by atoms with Gasteiger partial charge in [-0.15, -0.1) is 0 Å². The Morgan fingerprint density at radius 2 is 1.52 bits per heavy atom. The van der Waals surface area contributed by atoms with Gasteiger partial charge in [0.25, 0.3) is 0 Å². The van der Waals surface area contributed by atoms with E-state index in [0.29, 0.717) is 39.0 Å². The molecule has 1 aromatic rings. The van der Waals surface area contributed by atoms with Crippen molar-refractivity contribution in [1.82, 2.24) is 9.21 Å². The molecule has 1 amide bonds. The van der Waals surface area contributed by atoms with Crippen molar-refractivity contribution in [3.63, 3.8) is 0 Å². The summed E-state index contributed by atoms with van der Waals surface area (Å²) in [5.41, 5.74) is 0.784. The number of sulfonamides is 1. The zero-order valence-corrected chi connectivity index (χ0v) is 20.1. The summed E-state index contributed by atoms with van der Waals surface area (Å²) >= 11 is 0. The molecule has 0 unspecified atom stereocenters. The lowest BCUT2D eigenvalue weighted by Crippen LogP contribution is -2.41. The van der Waals surface area contributed by atoms with Gasteiger partial charge in [-0.25, -0.2) is 16.8 Å². The molecule has 9 heteroatoms. The third kappa shape index (κ3) is 6.08. The molecule has 2 aliphatic heterocycles. The normalized spacial score (nSPS) is 19.6. The first kappa shape index (κ1) is 24.2. The van der Waals surface area contributed by atoms with Gasteiger partial charge < -0.3 is 4.90 Å². The van der Waals surface area contributed by atoms with Gasteiger partial charge in [-0.05, 0) is 63.1 Å². The number of carbonyl (C=O) groups excluding carboxylic acids is 1. The molecule has 0 N–H and O–H groups in total. The average Bonchev–Trinajstić information content (AvgIpc) is 2.75. The Morgan fingerprint density at radius 1 is 0.935 bits per heavy atom. The molecule has 0 bridgehead atoms. The van der Waals surface area contributed by atoms with Gasteiger partial charge in [0.05, 0.1) is 22.3 Å². The fourth-order valence-corrected chi connectivity index (χ4v) is 7.08. The Kier molecular flexibility index (Phi) is 7.81. The van der Waals surface area contributed by atoms with Crippen molar-refractivity contribution in [3.8, 4) is 0 Å². The third-order valence-electron chi connectivity index (χ3n) is 6.38. The van der Waals surface area contributed by atoms with E-state index in [-0.39, 0.29) is 34.1 Å². The van der Waals surface area contributed by atoms with Gasteiger partial charge in [-0.3, -0.25) is 4.79 Å². The smallest absolute Gasteiger partial charge is 0.243 e.